The minimum atomic E-state index is -1.70. The number of carboxylic acids is 1. The molecule has 2 aromatic carbocycles. The third-order valence-corrected chi connectivity index (χ3v) is 10.6. The van der Waals surface area contributed by atoms with E-state index >= 15 is 4.39 Å². The Morgan fingerprint density at radius 2 is 1.95 bits per heavy atom. The first-order chi connectivity index (χ1) is 20.7. The maximum absolute atomic E-state index is 15.3. The van der Waals surface area contributed by atoms with E-state index in [1.807, 2.05) is 6.07 Å². The molecule has 0 aliphatic heterocycles. The molecule has 0 amide bonds. The van der Waals surface area contributed by atoms with Gasteiger partial charge in [-0.3, -0.25) is 0 Å². The highest BCUT2D eigenvalue weighted by Gasteiger charge is 2.43. The summed E-state index contributed by atoms with van der Waals surface area (Å²) < 4.78 is 41.6. The molecule has 7 rings (SSSR count). The third kappa shape index (κ3) is 5.66. The van der Waals surface area contributed by atoms with Gasteiger partial charge < -0.3 is 5.11 Å². The summed E-state index contributed by atoms with van der Waals surface area (Å²) in [6.45, 7) is 0. The van der Waals surface area contributed by atoms with Crippen LogP contribution in [0, 0.1) is 23.0 Å². The van der Waals surface area contributed by atoms with Crippen LogP contribution in [0.5, 0.6) is 0 Å². The van der Waals surface area contributed by atoms with E-state index in [9.17, 15) is 18.8 Å². The van der Waals surface area contributed by atoms with Crippen molar-refractivity contribution in [2.24, 2.45) is 16.5 Å². The van der Waals surface area contributed by atoms with E-state index < -0.39 is 23.1 Å². The van der Waals surface area contributed by atoms with Crippen LogP contribution in [0.4, 0.5) is 8.78 Å². The van der Waals surface area contributed by atoms with Crippen molar-refractivity contribution in [1.29, 1.82) is 0 Å². The lowest BCUT2D eigenvalue weighted by molar-refractivity contribution is 0.0691. The molecule has 2 heterocycles. The summed E-state index contributed by atoms with van der Waals surface area (Å²) in [5.74, 6) is -1.52. The van der Waals surface area contributed by atoms with Crippen molar-refractivity contribution in [1.82, 2.24) is 14.8 Å². The molecular formula is C32H31F2N4O3S2+. The number of carboxylic acid groups (broad SMARTS) is 1. The largest absolute Gasteiger partial charge is 0.476 e. The fourth-order valence-electron chi connectivity index (χ4n) is 6.09. The van der Waals surface area contributed by atoms with Crippen LogP contribution in [0.2, 0.25) is 0 Å². The van der Waals surface area contributed by atoms with Gasteiger partial charge >= 0.3 is 5.97 Å². The SMILES string of the molecule is N[S+](O)c1ccc(Cc2c(-c3ccc(F)c(C4=CCC5(CC4)CC5)c3)nn(-c3nc(C(=O)O)cs3)c2CC2CC2)cc1F. The molecule has 4 aromatic rings. The van der Waals surface area contributed by atoms with Crippen molar-refractivity contribution in [3.8, 4) is 16.4 Å². The zero-order valence-electron chi connectivity index (χ0n) is 23.4. The minimum Gasteiger partial charge on any atom is -0.476 e. The average Bonchev–Trinajstić information content (AvgIpc) is 3.87. The van der Waals surface area contributed by atoms with Gasteiger partial charge in [0.15, 0.2) is 11.5 Å². The zero-order valence-corrected chi connectivity index (χ0v) is 25.0. The van der Waals surface area contributed by atoms with E-state index in [0.29, 0.717) is 46.1 Å². The Hall–Kier alpha value is -3.38. The second kappa shape index (κ2) is 11.0. The first-order valence-corrected chi connectivity index (χ1v) is 16.6. The van der Waals surface area contributed by atoms with Crippen molar-refractivity contribution >= 4 is 34.2 Å². The summed E-state index contributed by atoms with van der Waals surface area (Å²) in [5, 5.41) is 22.0. The molecule has 3 aliphatic carbocycles. The smallest absolute Gasteiger partial charge is 0.355 e. The van der Waals surface area contributed by atoms with E-state index in [0.717, 1.165) is 54.5 Å². The molecule has 3 aliphatic rings. The summed E-state index contributed by atoms with van der Waals surface area (Å²) in [6.07, 6.45) is 10.8. The van der Waals surface area contributed by atoms with Crippen LogP contribution in [-0.4, -0.2) is 30.4 Å². The molecule has 0 radical (unpaired) electrons. The van der Waals surface area contributed by atoms with Gasteiger partial charge in [-0.05, 0) is 98.1 Å². The van der Waals surface area contributed by atoms with Gasteiger partial charge in [0.25, 0.3) is 11.4 Å². The number of halogens is 2. The highest BCUT2D eigenvalue weighted by atomic mass is 32.2. The molecule has 11 heteroatoms. The Kier molecular flexibility index (Phi) is 7.24. The second-order valence-electron chi connectivity index (χ2n) is 12.0. The molecule has 2 fully saturated rings. The molecule has 222 valence electrons. The van der Waals surface area contributed by atoms with E-state index in [1.165, 1.54) is 47.8 Å². The van der Waals surface area contributed by atoms with E-state index in [4.69, 9.17) is 10.2 Å². The number of thiazole rings is 1. The molecule has 4 N–H and O–H groups in total. The topological polar surface area (TPSA) is 114 Å². The van der Waals surface area contributed by atoms with Crippen molar-refractivity contribution in [2.75, 3.05) is 0 Å². The van der Waals surface area contributed by atoms with Gasteiger partial charge in [0, 0.05) is 34.6 Å². The van der Waals surface area contributed by atoms with E-state index in [1.54, 1.807) is 16.8 Å². The third-order valence-electron chi connectivity index (χ3n) is 9.01. The van der Waals surface area contributed by atoms with Crippen LogP contribution in [0.15, 0.2) is 52.7 Å². The molecule has 0 saturated heterocycles. The van der Waals surface area contributed by atoms with Crippen LogP contribution in [0.1, 0.15) is 77.8 Å². The Balaban J connectivity index is 1.36. The number of carbonyl (C=O) groups is 1. The van der Waals surface area contributed by atoms with E-state index in [-0.39, 0.29) is 16.4 Å². The number of benzene rings is 2. The van der Waals surface area contributed by atoms with Crippen molar-refractivity contribution in [2.45, 2.75) is 62.7 Å². The number of aromatic nitrogens is 3. The monoisotopic (exact) mass is 621 g/mol. The lowest BCUT2D eigenvalue weighted by atomic mass is 9.83. The maximum atomic E-state index is 15.3. The fraction of sp³-hybridized carbons (Fsp3) is 0.344. The van der Waals surface area contributed by atoms with Crippen LogP contribution in [0.3, 0.4) is 0 Å². The van der Waals surface area contributed by atoms with Gasteiger partial charge in [-0.2, -0.15) is 9.65 Å². The highest BCUT2D eigenvalue weighted by molar-refractivity contribution is 7.89. The van der Waals surface area contributed by atoms with Gasteiger partial charge in [0.05, 0.1) is 11.4 Å². The summed E-state index contributed by atoms with van der Waals surface area (Å²) in [4.78, 5) is 16.0. The summed E-state index contributed by atoms with van der Waals surface area (Å²) >= 11 is -0.505. The lowest BCUT2D eigenvalue weighted by Crippen LogP contribution is -2.13. The fourth-order valence-corrected chi connectivity index (χ4v) is 7.33. The first kappa shape index (κ1) is 28.4. The molecule has 0 bridgehead atoms. The van der Waals surface area contributed by atoms with Crippen LogP contribution < -0.4 is 5.14 Å². The van der Waals surface area contributed by atoms with Gasteiger partial charge in [0.1, 0.15) is 5.82 Å². The number of allylic oxidation sites excluding steroid dienone is 2. The molecule has 43 heavy (non-hydrogen) atoms. The Bertz CT molecular complexity index is 1770. The van der Waals surface area contributed by atoms with Gasteiger partial charge in [-0.25, -0.2) is 23.2 Å². The molecule has 7 nitrogen and oxygen atoms in total. The highest BCUT2D eigenvalue weighted by Crippen LogP contribution is 2.56. The summed E-state index contributed by atoms with van der Waals surface area (Å²) in [5.41, 5.74) is 5.73. The summed E-state index contributed by atoms with van der Waals surface area (Å²) in [6, 6.07) is 9.69. The predicted octanol–water partition coefficient (Wildman–Crippen LogP) is 7.19. The normalized spacial score (nSPS) is 18.1. The molecular weight excluding hydrogens is 591 g/mol. The molecule has 1 atom stereocenters. The number of aromatic carboxylic acids is 1. The van der Waals surface area contributed by atoms with Crippen LogP contribution in [-0.2, 0) is 24.2 Å². The van der Waals surface area contributed by atoms with Gasteiger partial charge in [0.2, 0.25) is 10.0 Å². The Labute approximate surface area is 254 Å². The van der Waals surface area contributed by atoms with Crippen LogP contribution in [0.25, 0.3) is 22.0 Å². The van der Waals surface area contributed by atoms with Crippen molar-refractivity contribution in [3.05, 3.63) is 87.6 Å². The number of rotatable bonds is 9. The minimum absolute atomic E-state index is 0.0405. The molecule has 2 saturated carbocycles. The number of hydrogen-bond donors (Lipinski definition) is 3. The number of nitrogens with two attached hydrogens (primary N) is 1. The van der Waals surface area contributed by atoms with Gasteiger partial charge in [-0.1, -0.05) is 12.1 Å². The average molecular weight is 622 g/mol. The quantitative estimate of drug-likeness (QED) is 0.171. The van der Waals surface area contributed by atoms with Gasteiger partial charge in [-0.15, -0.1) is 16.5 Å². The maximum Gasteiger partial charge on any atom is 0.355 e. The van der Waals surface area contributed by atoms with Crippen molar-refractivity contribution in [3.63, 3.8) is 0 Å². The van der Waals surface area contributed by atoms with Crippen LogP contribution >= 0.6 is 11.3 Å². The number of hydrogen-bond acceptors (Lipinski definition) is 6. The zero-order chi connectivity index (χ0) is 29.9. The van der Waals surface area contributed by atoms with Crippen molar-refractivity contribution < 1.29 is 23.2 Å². The number of nitrogens with zero attached hydrogens (tertiary/aromatic N) is 3. The van der Waals surface area contributed by atoms with E-state index in [2.05, 4.69) is 11.1 Å². The molecule has 1 unspecified atom stereocenters. The standard InChI is InChI=1S/C32H30F2N4O3S2/c33-24-5-4-21(16-22(24)20-7-9-32(10-8-20)11-12-32)29-23(13-19-3-6-28(43(35)41)25(34)14-19)27(15-18-1-2-18)38(37-29)31-36-26(17-42-31)30(39)40/h3-7,14,16-18,41H,1-2,8-13,15,35H2/p+1. The lowest BCUT2D eigenvalue weighted by Gasteiger charge is -2.22. The first-order valence-electron chi connectivity index (χ1n) is 14.5. The Morgan fingerprint density at radius 1 is 1.14 bits per heavy atom. The molecule has 2 aromatic heterocycles. The second-order valence-corrected chi connectivity index (χ2v) is 13.9. The predicted molar refractivity (Wildman–Crippen MR) is 163 cm³/mol. The summed E-state index contributed by atoms with van der Waals surface area (Å²) in [7, 11) is 0. The molecule has 1 spiro atoms. The Morgan fingerprint density at radius 3 is 2.58 bits per heavy atom.